The van der Waals surface area contributed by atoms with Crippen LogP contribution in [0.5, 0.6) is 0 Å². The Morgan fingerprint density at radius 2 is 1.79 bits per heavy atom. The van der Waals surface area contributed by atoms with Crippen LogP contribution >= 0.6 is 0 Å². The van der Waals surface area contributed by atoms with Gasteiger partial charge in [-0.15, -0.1) is 0 Å². The van der Waals surface area contributed by atoms with Crippen LogP contribution in [0.2, 0.25) is 0 Å². The Bertz CT molecular complexity index is 344. The van der Waals surface area contributed by atoms with Crippen molar-refractivity contribution in [1.29, 1.82) is 0 Å². The normalized spacial score (nSPS) is 16.7. The Morgan fingerprint density at radius 1 is 1.11 bits per heavy atom. The molecule has 0 radical (unpaired) electrons. The second-order valence-corrected chi connectivity index (χ2v) is 5.24. The molecule has 0 aromatic heterocycles. The molecule has 1 fully saturated rings. The Labute approximate surface area is 116 Å². The number of hydrogen-bond donors (Lipinski definition) is 1. The maximum Gasteiger partial charge on any atom is 0.0594 e. The van der Waals surface area contributed by atoms with Gasteiger partial charge < -0.3 is 10.1 Å². The molecule has 1 aliphatic rings. The predicted octanol–water partition coefficient (Wildman–Crippen LogP) is 2.41. The topological polar surface area (TPSA) is 24.5 Å². The van der Waals surface area contributed by atoms with E-state index in [1.807, 2.05) is 0 Å². The van der Waals surface area contributed by atoms with Crippen molar-refractivity contribution >= 4 is 0 Å². The number of rotatable bonds is 7. The van der Waals surface area contributed by atoms with Gasteiger partial charge in [0.1, 0.15) is 0 Å². The lowest BCUT2D eigenvalue weighted by molar-refractivity contribution is 0.0342. The van der Waals surface area contributed by atoms with Gasteiger partial charge in [-0.25, -0.2) is 0 Å². The third kappa shape index (κ3) is 5.31. The van der Waals surface area contributed by atoms with Crippen LogP contribution in [0.4, 0.5) is 0 Å². The first-order chi connectivity index (χ1) is 9.38. The van der Waals surface area contributed by atoms with Crippen LogP contribution in [0, 0.1) is 0 Å². The molecule has 0 saturated carbocycles. The summed E-state index contributed by atoms with van der Waals surface area (Å²) in [5.41, 5.74) is 2.78. The number of unbranched alkanes of at least 4 members (excludes halogenated alkanes) is 1. The zero-order valence-corrected chi connectivity index (χ0v) is 12.0. The van der Waals surface area contributed by atoms with Crippen LogP contribution in [-0.4, -0.2) is 37.7 Å². The highest BCUT2D eigenvalue weighted by Gasteiger charge is 2.10. The maximum absolute atomic E-state index is 5.37. The van der Waals surface area contributed by atoms with Gasteiger partial charge in [0.05, 0.1) is 13.2 Å². The monoisotopic (exact) mass is 262 g/mol. The second-order valence-electron chi connectivity index (χ2n) is 5.24. The molecular formula is C16H26N2O. The zero-order chi connectivity index (χ0) is 13.3. The van der Waals surface area contributed by atoms with Gasteiger partial charge in [-0.1, -0.05) is 37.6 Å². The summed E-state index contributed by atoms with van der Waals surface area (Å²) in [7, 11) is 0. The number of morpholine rings is 1. The van der Waals surface area contributed by atoms with E-state index in [0.29, 0.717) is 0 Å². The van der Waals surface area contributed by atoms with Gasteiger partial charge >= 0.3 is 0 Å². The first-order valence-corrected chi connectivity index (χ1v) is 7.47. The summed E-state index contributed by atoms with van der Waals surface area (Å²) in [6.07, 6.45) is 2.51. The minimum atomic E-state index is 0.874. The van der Waals surface area contributed by atoms with Crippen molar-refractivity contribution in [1.82, 2.24) is 10.2 Å². The first kappa shape index (κ1) is 14.5. The molecule has 3 nitrogen and oxygen atoms in total. The summed E-state index contributed by atoms with van der Waals surface area (Å²) in [6, 6.07) is 9.00. The van der Waals surface area contributed by atoms with Crippen molar-refractivity contribution in [2.45, 2.75) is 32.9 Å². The fourth-order valence-electron chi connectivity index (χ4n) is 2.31. The zero-order valence-electron chi connectivity index (χ0n) is 12.0. The second kappa shape index (κ2) is 8.31. The van der Waals surface area contributed by atoms with Gasteiger partial charge in [0.2, 0.25) is 0 Å². The molecular weight excluding hydrogens is 236 g/mol. The minimum absolute atomic E-state index is 0.874. The van der Waals surface area contributed by atoms with Crippen molar-refractivity contribution in [3.05, 3.63) is 35.4 Å². The lowest BCUT2D eigenvalue weighted by Gasteiger charge is -2.26. The number of hydrogen-bond acceptors (Lipinski definition) is 3. The van der Waals surface area contributed by atoms with E-state index in [1.54, 1.807) is 0 Å². The van der Waals surface area contributed by atoms with E-state index >= 15 is 0 Å². The molecule has 1 N–H and O–H groups in total. The maximum atomic E-state index is 5.37. The van der Waals surface area contributed by atoms with E-state index < -0.39 is 0 Å². The average Bonchev–Trinajstić information content (AvgIpc) is 2.46. The van der Waals surface area contributed by atoms with Crippen LogP contribution < -0.4 is 5.32 Å². The number of benzene rings is 1. The molecule has 0 atom stereocenters. The number of ether oxygens (including phenoxy) is 1. The van der Waals surface area contributed by atoms with E-state index in [2.05, 4.69) is 41.4 Å². The van der Waals surface area contributed by atoms with E-state index in [4.69, 9.17) is 4.74 Å². The Morgan fingerprint density at radius 3 is 2.47 bits per heavy atom. The van der Waals surface area contributed by atoms with Gasteiger partial charge in [0.25, 0.3) is 0 Å². The smallest absolute Gasteiger partial charge is 0.0594 e. The molecule has 3 heteroatoms. The van der Waals surface area contributed by atoms with E-state index in [-0.39, 0.29) is 0 Å². The molecule has 0 spiro atoms. The van der Waals surface area contributed by atoms with Gasteiger partial charge in [-0.2, -0.15) is 0 Å². The first-order valence-electron chi connectivity index (χ1n) is 7.47. The molecule has 1 aliphatic heterocycles. The molecule has 0 amide bonds. The fraction of sp³-hybridized carbons (Fsp3) is 0.625. The van der Waals surface area contributed by atoms with Gasteiger partial charge in [0.15, 0.2) is 0 Å². The lowest BCUT2D eigenvalue weighted by atomic mass is 10.1. The third-order valence-corrected chi connectivity index (χ3v) is 3.57. The highest BCUT2D eigenvalue weighted by atomic mass is 16.5. The lowest BCUT2D eigenvalue weighted by Crippen LogP contribution is -2.35. The van der Waals surface area contributed by atoms with Crippen LogP contribution in [0.1, 0.15) is 30.9 Å². The Hall–Kier alpha value is -0.900. The summed E-state index contributed by atoms with van der Waals surface area (Å²) in [6.45, 7) is 9.23. The third-order valence-electron chi connectivity index (χ3n) is 3.57. The molecule has 2 rings (SSSR count). The standard InChI is InChI=1S/C16H26N2O/c1-2-3-8-17-13-15-4-6-16(7-5-15)14-18-9-11-19-12-10-18/h4-7,17H,2-3,8-14H2,1H3. The quantitative estimate of drug-likeness (QED) is 0.764. The predicted molar refractivity (Wildman–Crippen MR) is 79.2 cm³/mol. The largest absolute Gasteiger partial charge is 0.379 e. The van der Waals surface area contributed by atoms with Gasteiger partial charge in [-0.05, 0) is 24.1 Å². The minimum Gasteiger partial charge on any atom is -0.379 e. The van der Waals surface area contributed by atoms with Gasteiger partial charge in [0, 0.05) is 26.2 Å². The van der Waals surface area contributed by atoms with E-state index in [9.17, 15) is 0 Å². The molecule has 106 valence electrons. The molecule has 1 saturated heterocycles. The number of nitrogens with zero attached hydrogens (tertiary/aromatic N) is 1. The fourth-order valence-corrected chi connectivity index (χ4v) is 2.31. The van der Waals surface area contributed by atoms with Crippen molar-refractivity contribution in [2.75, 3.05) is 32.8 Å². The van der Waals surface area contributed by atoms with Crippen LogP contribution in [0.15, 0.2) is 24.3 Å². The molecule has 0 unspecified atom stereocenters. The highest BCUT2D eigenvalue weighted by molar-refractivity contribution is 5.22. The van der Waals surface area contributed by atoms with E-state index in [0.717, 1.165) is 45.9 Å². The van der Waals surface area contributed by atoms with Crippen molar-refractivity contribution in [3.63, 3.8) is 0 Å². The molecule has 1 heterocycles. The van der Waals surface area contributed by atoms with Crippen LogP contribution in [0.3, 0.4) is 0 Å². The molecule has 1 aromatic carbocycles. The summed E-state index contributed by atoms with van der Waals surface area (Å²) in [4.78, 5) is 2.46. The molecule has 1 aromatic rings. The van der Waals surface area contributed by atoms with Gasteiger partial charge in [-0.3, -0.25) is 4.90 Å². The van der Waals surface area contributed by atoms with Crippen LogP contribution in [0.25, 0.3) is 0 Å². The Kier molecular flexibility index (Phi) is 6.34. The molecule has 0 aliphatic carbocycles. The summed E-state index contributed by atoms with van der Waals surface area (Å²) < 4.78 is 5.37. The number of nitrogens with one attached hydrogen (secondary N) is 1. The van der Waals surface area contributed by atoms with Crippen molar-refractivity contribution in [2.24, 2.45) is 0 Å². The Balaban J connectivity index is 1.74. The van der Waals surface area contributed by atoms with E-state index in [1.165, 1.54) is 24.0 Å². The highest BCUT2D eigenvalue weighted by Crippen LogP contribution is 2.09. The summed E-state index contributed by atoms with van der Waals surface area (Å²) in [5.74, 6) is 0. The molecule has 19 heavy (non-hydrogen) atoms. The SMILES string of the molecule is CCCCNCc1ccc(CN2CCOCC2)cc1. The summed E-state index contributed by atoms with van der Waals surface area (Å²) >= 11 is 0. The van der Waals surface area contributed by atoms with Crippen LogP contribution in [-0.2, 0) is 17.8 Å². The molecule has 0 bridgehead atoms. The van der Waals surface area contributed by atoms with Crippen molar-refractivity contribution < 1.29 is 4.74 Å². The summed E-state index contributed by atoms with van der Waals surface area (Å²) in [5, 5.41) is 3.48. The average molecular weight is 262 g/mol. The van der Waals surface area contributed by atoms with Crippen molar-refractivity contribution in [3.8, 4) is 0 Å².